The maximum absolute atomic E-state index is 12.2. The standard InChI is InChI=1S/C13H18ClN3O2S/c1-2-17(9-3-6-19-7-4-9)12-11-10(5-8-20(11)18)15-13(14)16-12/h9H,2-8H2,1H3. The van der Waals surface area contributed by atoms with E-state index >= 15 is 0 Å². The molecule has 0 saturated carbocycles. The molecule has 1 saturated heterocycles. The highest BCUT2D eigenvalue weighted by Crippen LogP contribution is 2.33. The zero-order valence-corrected chi connectivity index (χ0v) is 13.0. The second-order valence-corrected chi connectivity index (χ2v) is 6.87. The summed E-state index contributed by atoms with van der Waals surface area (Å²) >= 11 is 6.04. The molecule has 0 bridgehead atoms. The van der Waals surface area contributed by atoms with E-state index in [1.807, 2.05) is 0 Å². The zero-order valence-electron chi connectivity index (χ0n) is 11.5. The Morgan fingerprint density at radius 2 is 2.15 bits per heavy atom. The van der Waals surface area contributed by atoms with Crippen molar-refractivity contribution in [3.8, 4) is 0 Å². The third-order valence-corrected chi connectivity index (χ3v) is 5.50. The van der Waals surface area contributed by atoms with Gasteiger partial charge in [0.2, 0.25) is 5.28 Å². The summed E-state index contributed by atoms with van der Waals surface area (Å²) in [6, 6.07) is 0.376. The van der Waals surface area contributed by atoms with E-state index in [1.165, 1.54) is 0 Å². The van der Waals surface area contributed by atoms with Gasteiger partial charge in [0.05, 0.1) is 16.5 Å². The molecule has 0 aliphatic carbocycles. The van der Waals surface area contributed by atoms with E-state index in [9.17, 15) is 4.21 Å². The Morgan fingerprint density at radius 1 is 1.40 bits per heavy atom. The van der Waals surface area contributed by atoms with E-state index in [0.717, 1.165) is 55.4 Å². The van der Waals surface area contributed by atoms with Crippen molar-refractivity contribution in [2.75, 3.05) is 30.4 Å². The topological polar surface area (TPSA) is 55.3 Å². The molecule has 0 aromatic carbocycles. The number of fused-ring (bicyclic) bond motifs is 1. The minimum absolute atomic E-state index is 0.253. The van der Waals surface area contributed by atoms with E-state index in [4.69, 9.17) is 16.3 Å². The van der Waals surface area contributed by atoms with E-state index in [2.05, 4.69) is 21.8 Å². The number of anilines is 1. The van der Waals surface area contributed by atoms with Crippen LogP contribution in [0.1, 0.15) is 25.5 Å². The third kappa shape index (κ3) is 2.56. The lowest BCUT2D eigenvalue weighted by Crippen LogP contribution is -2.40. The molecule has 7 heteroatoms. The molecule has 20 heavy (non-hydrogen) atoms. The predicted octanol–water partition coefficient (Wildman–Crippen LogP) is 1.80. The summed E-state index contributed by atoms with van der Waals surface area (Å²) in [7, 11) is -1.00. The van der Waals surface area contributed by atoms with Gasteiger partial charge in [0.15, 0.2) is 0 Å². The van der Waals surface area contributed by atoms with Gasteiger partial charge in [0, 0.05) is 38.0 Å². The quantitative estimate of drug-likeness (QED) is 0.796. The minimum Gasteiger partial charge on any atom is -0.381 e. The molecule has 5 nitrogen and oxygen atoms in total. The monoisotopic (exact) mass is 315 g/mol. The normalized spacial score (nSPS) is 22.8. The van der Waals surface area contributed by atoms with Crippen LogP contribution in [0, 0.1) is 0 Å². The highest BCUT2D eigenvalue weighted by molar-refractivity contribution is 7.85. The largest absolute Gasteiger partial charge is 0.381 e. The molecule has 1 fully saturated rings. The van der Waals surface area contributed by atoms with Crippen molar-refractivity contribution in [2.24, 2.45) is 0 Å². The third-order valence-electron chi connectivity index (χ3n) is 3.89. The molecule has 0 N–H and O–H groups in total. The molecule has 1 unspecified atom stereocenters. The van der Waals surface area contributed by atoms with Gasteiger partial charge in [-0.2, -0.15) is 4.98 Å². The van der Waals surface area contributed by atoms with Crippen LogP contribution in [0.3, 0.4) is 0 Å². The van der Waals surface area contributed by atoms with Gasteiger partial charge in [-0.15, -0.1) is 0 Å². The van der Waals surface area contributed by atoms with E-state index in [0.29, 0.717) is 11.8 Å². The van der Waals surface area contributed by atoms with Crippen molar-refractivity contribution in [3.05, 3.63) is 11.0 Å². The van der Waals surface area contributed by atoms with Crippen molar-refractivity contribution in [2.45, 2.75) is 37.1 Å². The molecule has 3 heterocycles. The molecule has 0 radical (unpaired) electrons. The van der Waals surface area contributed by atoms with Crippen LogP contribution in [-0.2, 0) is 22.0 Å². The molecule has 3 rings (SSSR count). The molecule has 1 aromatic heterocycles. The first kappa shape index (κ1) is 14.2. The molecule has 2 aliphatic heterocycles. The average molecular weight is 316 g/mol. The molecular formula is C13H18ClN3O2S. The molecule has 0 amide bonds. The van der Waals surface area contributed by atoms with Crippen LogP contribution in [-0.4, -0.2) is 45.7 Å². The SMILES string of the molecule is CCN(c1nc(Cl)nc2c1S(=O)CC2)C1CCOCC1. The Kier molecular flexibility index (Phi) is 4.23. The van der Waals surface area contributed by atoms with E-state index in [-0.39, 0.29) is 5.28 Å². The first-order chi connectivity index (χ1) is 9.70. The number of aromatic nitrogens is 2. The van der Waals surface area contributed by atoms with Crippen molar-refractivity contribution < 1.29 is 8.95 Å². The lowest BCUT2D eigenvalue weighted by atomic mass is 10.1. The molecule has 1 atom stereocenters. The molecule has 0 spiro atoms. The Balaban J connectivity index is 2.01. The van der Waals surface area contributed by atoms with Crippen LogP contribution in [0.5, 0.6) is 0 Å². The Bertz CT molecular complexity index is 535. The summed E-state index contributed by atoms with van der Waals surface area (Å²) in [6.07, 6.45) is 2.66. The Hall–Kier alpha value is -0.720. The van der Waals surface area contributed by atoms with Crippen LogP contribution in [0.2, 0.25) is 5.28 Å². The maximum atomic E-state index is 12.2. The number of halogens is 1. The zero-order chi connectivity index (χ0) is 14.1. The molecular weight excluding hydrogens is 298 g/mol. The summed E-state index contributed by atoms with van der Waals surface area (Å²) in [6.45, 7) is 4.45. The van der Waals surface area contributed by atoms with Crippen LogP contribution in [0.4, 0.5) is 5.82 Å². The lowest BCUT2D eigenvalue weighted by Gasteiger charge is -2.35. The highest BCUT2D eigenvalue weighted by Gasteiger charge is 2.31. The number of rotatable bonds is 3. The fourth-order valence-electron chi connectivity index (χ4n) is 2.92. The van der Waals surface area contributed by atoms with E-state index < -0.39 is 10.8 Å². The van der Waals surface area contributed by atoms with Gasteiger partial charge < -0.3 is 9.64 Å². The summed E-state index contributed by atoms with van der Waals surface area (Å²) in [4.78, 5) is 11.6. The van der Waals surface area contributed by atoms with Crippen LogP contribution in [0.25, 0.3) is 0 Å². The van der Waals surface area contributed by atoms with Crippen LogP contribution >= 0.6 is 11.6 Å². The summed E-state index contributed by atoms with van der Waals surface area (Å²) in [5.74, 6) is 1.40. The Labute approximate surface area is 126 Å². The highest BCUT2D eigenvalue weighted by atomic mass is 35.5. The number of hydrogen-bond donors (Lipinski definition) is 0. The average Bonchev–Trinajstić information content (AvgIpc) is 2.82. The lowest BCUT2D eigenvalue weighted by molar-refractivity contribution is 0.0844. The first-order valence-corrected chi connectivity index (χ1v) is 8.69. The van der Waals surface area contributed by atoms with Gasteiger partial charge in [0.25, 0.3) is 0 Å². The van der Waals surface area contributed by atoms with Crippen molar-refractivity contribution in [1.82, 2.24) is 9.97 Å². The fraction of sp³-hybridized carbons (Fsp3) is 0.692. The number of hydrogen-bond acceptors (Lipinski definition) is 5. The second-order valence-electron chi connectivity index (χ2n) is 5.02. The van der Waals surface area contributed by atoms with Crippen molar-refractivity contribution >= 4 is 28.2 Å². The van der Waals surface area contributed by atoms with Gasteiger partial charge in [-0.25, -0.2) is 4.98 Å². The Morgan fingerprint density at radius 3 is 2.85 bits per heavy atom. The maximum Gasteiger partial charge on any atom is 0.224 e. The molecule has 110 valence electrons. The van der Waals surface area contributed by atoms with Gasteiger partial charge in [-0.3, -0.25) is 4.21 Å². The molecule has 1 aromatic rings. The first-order valence-electron chi connectivity index (χ1n) is 7.00. The van der Waals surface area contributed by atoms with Gasteiger partial charge in [-0.05, 0) is 31.4 Å². The summed E-state index contributed by atoms with van der Waals surface area (Å²) in [5, 5.41) is 0.253. The van der Waals surface area contributed by atoms with Crippen molar-refractivity contribution in [3.63, 3.8) is 0 Å². The second kappa shape index (κ2) is 5.95. The van der Waals surface area contributed by atoms with Crippen LogP contribution < -0.4 is 4.90 Å². The summed E-state index contributed by atoms with van der Waals surface area (Å²) in [5.41, 5.74) is 0.851. The fourth-order valence-corrected chi connectivity index (χ4v) is 4.46. The van der Waals surface area contributed by atoms with Crippen LogP contribution in [0.15, 0.2) is 4.90 Å². The minimum atomic E-state index is -1.00. The van der Waals surface area contributed by atoms with Gasteiger partial charge >= 0.3 is 0 Å². The van der Waals surface area contributed by atoms with Gasteiger partial charge in [-0.1, -0.05) is 0 Å². The van der Waals surface area contributed by atoms with Crippen molar-refractivity contribution in [1.29, 1.82) is 0 Å². The molecule has 2 aliphatic rings. The van der Waals surface area contributed by atoms with Gasteiger partial charge in [0.1, 0.15) is 10.7 Å². The smallest absolute Gasteiger partial charge is 0.224 e. The van der Waals surface area contributed by atoms with E-state index in [1.54, 1.807) is 0 Å². The predicted molar refractivity (Wildman–Crippen MR) is 78.9 cm³/mol. The number of aryl methyl sites for hydroxylation is 1. The number of ether oxygens (including phenoxy) is 1. The number of nitrogens with zero attached hydrogens (tertiary/aromatic N) is 3. The summed E-state index contributed by atoms with van der Waals surface area (Å²) < 4.78 is 17.7.